The second-order valence-corrected chi connectivity index (χ2v) is 11.6. The van der Waals surface area contributed by atoms with E-state index in [0.29, 0.717) is 42.5 Å². The molecule has 1 fully saturated rings. The van der Waals surface area contributed by atoms with Crippen LogP contribution in [0.5, 0.6) is 0 Å². The van der Waals surface area contributed by atoms with Crippen molar-refractivity contribution in [1.29, 1.82) is 0 Å². The van der Waals surface area contributed by atoms with Gasteiger partial charge in [0.2, 0.25) is 11.8 Å². The minimum absolute atomic E-state index is 0.0151. The molecule has 0 aliphatic carbocycles. The summed E-state index contributed by atoms with van der Waals surface area (Å²) >= 11 is 7.67. The van der Waals surface area contributed by atoms with Gasteiger partial charge in [-0.2, -0.15) is 0 Å². The average Bonchev–Trinajstić information content (AvgIpc) is 3.31. The molecule has 3 amide bonds. The third-order valence-corrected chi connectivity index (χ3v) is 8.61. The lowest BCUT2D eigenvalue weighted by Gasteiger charge is -2.38. The van der Waals surface area contributed by atoms with Gasteiger partial charge in [-0.3, -0.25) is 14.4 Å². The smallest absolute Gasteiger partial charge is 0.255 e. The Bertz CT molecular complexity index is 1460. The Morgan fingerprint density at radius 3 is 2.33 bits per heavy atom. The van der Waals surface area contributed by atoms with Gasteiger partial charge >= 0.3 is 0 Å². The molecule has 8 nitrogen and oxygen atoms in total. The molecule has 1 atom stereocenters. The van der Waals surface area contributed by atoms with Crippen molar-refractivity contribution in [2.45, 2.75) is 40.2 Å². The third-order valence-electron chi connectivity index (χ3n) is 7.47. The summed E-state index contributed by atoms with van der Waals surface area (Å²) in [5.74, 6) is -0.232. The number of hydrogen-bond donors (Lipinski definition) is 1. The molecule has 0 bridgehead atoms. The lowest BCUT2D eigenvalue weighted by molar-refractivity contribution is -0.138. The van der Waals surface area contributed by atoms with Crippen LogP contribution in [0.15, 0.2) is 69.8 Å². The maximum Gasteiger partial charge on any atom is 0.255 e. The standard InChI is InChI=1S/C30H32ClN5O3S/c1-18-5-10-25(19(2)15-18)33-29(39)27-20(3)32-30-36(28(27)22-6-8-23(31)9-7-22)24(17-40-30)16-26(38)35-13-11-34(12-14-35)21(4)37/h5-10,15,17,28H,11-14,16H2,1-4H3,(H,33,39). The van der Waals surface area contributed by atoms with Crippen molar-refractivity contribution in [3.8, 4) is 0 Å². The molecule has 0 radical (unpaired) electrons. The van der Waals surface area contributed by atoms with Gasteiger partial charge in [0.05, 0.1) is 23.7 Å². The van der Waals surface area contributed by atoms with Gasteiger partial charge in [0.1, 0.15) is 0 Å². The van der Waals surface area contributed by atoms with E-state index >= 15 is 0 Å². The van der Waals surface area contributed by atoms with Crippen LogP contribution in [0.2, 0.25) is 5.02 Å². The number of carbonyl (C=O) groups is 3. The maximum atomic E-state index is 13.9. The molecule has 0 spiro atoms. The van der Waals surface area contributed by atoms with E-state index in [1.165, 1.54) is 11.8 Å². The van der Waals surface area contributed by atoms with Crippen molar-refractivity contribution >= 4 is 51.9 Å². The van der Waals surface area contributed by atoms with E-state index in [4.69, 9.17) is 16.6 Å². The Balaban J connectivity index is 1.44. The van der Waals surface area contributed by atoms with Crippen LogP contribution in [0, 0.1) is 13.8 Å². The second kappa shape index (κ2) is 11.5. The van der Waals surface area contributed by atoms with Crippen LogP contribution in [0.4, 0.5) is 5.69 Å². The van der Waals surface area contributed by atoms with E-state index in [2.05, 4.69) is 5.32 Å². The molecule has 0 aromatic heterocycles. The van der Waals surface area contributed by atoms with Crippen molar-refractivity contribution in [1.82, 2.24) is 14.7 Å². The van der Waals surface area contributed by atoms with Crippen molar-refractivity contribution in [2.24, 2.45) is 4.99 Å². The monoisotopic (exact) mass is 577 g/mol. The van der Waals surface area contributed by atoms with Gasteiger partial charge in [-0.05, 0) is 55.5 Å². The number of piperazine rings is 1. The van der Waals surface area contributed by atoms with E-state index in [-0.39, 0.29) is 24.1 Å². The zero-order valence-corrected chi connectivity index (χ0v) is 24.6. The van der Waals surface area contributed by atoms with Crippen molar-refractivity contribution in [2.75, 3.05) is 31.5 Å². The second-order valence-electron chi connectivity index (χ2n) is 10.3. The van der Waals surface area contributed by atoms with Gasteiger partial charge in [-0.25, -0.2) is 4.99 Å². The molecule has 3 aliphatic heterocycles. The van der Waals surface area contributed by atoms with Crippen molar-refractivity contribution in [3.63, 3.8) is 0 Å². The van der Waals surface area contributed by atoms with Crippen molar-refractivity contribution < 1.29 is 14.4 Å². The number of hydrogen-bond acceptors (Lipinski definition) is 6. The van der Waals surface area contributed by atoms with E-state index in [0.717, 1.165) is 33.2 Å². The average molecular weight is 578 g/mol. The molecule has 1 saturated heterocycles. The first-order valence-corrected chi connectivity index (χ1v) is 14.5. The fourth-order valence-corrected chi connectivity index (χ4v) is 6.39. The summed E-state index contributed by atoms with van der Waals surface area (Å²) < 4.78 is 0. The highest BCUT2D eigenvalue weighted by Gasteiger charge is 2.41. The minimum Gasteiger partial charge on any atom is -0.339 e. The zero-order chi connectivity index (χ0) is 28.6. The summed E-state index contributed by atoms with van der Waals surface area (Å²) in [6.45, 7) is 9.46. The van der Waals surface area contributed by atoms with E-state index in [9.17, 15) is 14.4 Å². The topological polar surface area (TPSA) is 85.3 Å². The van der Waals surface area contributed by atoms with Crippen LogP contribution in [-0.2, 0) is 14.4 Å². The van der Waals surface area contributed by atoms with E-state index in [1.54, 1.807) is 16.7 Å². The number of thioether (sulfide) groups is 1. The van der Waals surface area contributed by atoms with Crippen LogP contribution in [-0.4, -0.2) is 63.8 Å². The number of benzene rings is 2. The first kappa shape index (κ1) is 28.0. The van der Waals surface area contributed by atoms with Gasteiger partial charge in [-0.15, -0.1) is 0 Å². The number of aryl methyl sites for hydroxylation is 2. The molecule has 40 heavy (non-hydrogen) atoms. The van der Waals surface area contributed by atoms with Gasteiger partial charge in [0, 0.05) is 49.5 Å². The van der Waals surface area contributed by atoms with Crippen LogP contribution >= 0.6 is 23.4 Å². The Morgan fingerprint density at radius 1 is 1.00 bits per heavy atom. The number of allylic oxidation sites excluding steroid dienone is 1. The van der Waals surface area contributed by atoms with Gasteiger partial charge < -0.3 is 20.0 Å². The Morgan fingerprint density at radius 2 is 1.68 bits per heavy atom. The van der Waals surface area contributed by atoms with Crippen LogP contribution < -0.4 is 5.32 Å². The molecule has 208 valence electrons. The van der Waals surface area contributed by atoms with Crippen molar-refractivity contribution in [3.05, 3.63) is 86.6 Å². The third kappa shape index (κ3) is 5.67. The van der Waals surface area contributed by atoms with Gasteiger partial charge in [0.15, 0.2) is 5.17 Å². The molecule has 3 heterocycles. The number of halogens is 1. The molecule has 5 rings (SSSR count). The number of nitrogens with one attached hydrogen (secondary N) is 1. The Hall–Kier alpha value is -3.56. The van der Waals surface area contributed by atoms with Crippen LogP contribution in [0.3, 0.4) is 0 Å². The lowest BCUT2D eigenvalue weighted by Crippen LogP contribution is -2.50. The summed E-state index contributed by atoms with van der Waals surface area (Å²) in [6, 6.07) is 12.9. The first-order valence-electron chi connectivity index (χ1n) is 13.2. The number of rotatable bonds is 5. The quantitative estimate of drug-likeness (QED) is 0.524. The normalized spacial score (nSPS) is 18.8. The molecule has 1 N–H and O–H groups in total. The molecular formula is C30H32ClN5O3S. The Labute approximate surface area is 243 Å². The fourth-order valence-electron chi connectivity index (χ4n) is 5.30. The highest BCUT2D eigenvalue weighted by atomic mass is 35.5. The molecule has 0 saturated carbocycles. The summed E-state index contributed by atoms with van der Waals surface area (Å²) in [4.78, 5) is 49.3. The predicted molar refractivity (Wildman–Crippen MR) is 160 cm³/mol. The van der Waals surface area contributed by atoms with Gasteiger partial charge in [-0.1, -0.05) is 53.2 Å². The number of amides is 3. The summed E-state index contributed by atoms with van der Waals surface area (Å²) in [7, 11) is 0. The SMILES string of the molecule is CC(=O)N1CCN(C(=O)CC2=CSC3=NC(C)=C(C(=O)Nc4ccc(C)cc4C)C(c4ccc(Cl)cc4)N23)CC1. The zero-order valence-electron chi connectivity index (χ0n) is 23.0. The molecule has 3 aliphatic rings. The lowest BCUT2D eigenvalue weighted by atomic mass is 9.93. The molecular weight excluding hydrogens is 546 g/mol. The highest BCUT2D eigenvalue weighted by molar-refractivity contribution is 8.16. The predicted octanol–water partition coefficient (Wildman–Crippen LogP) is 5.25. The van der Waals surface area contributed by atoms with E-state index < -0.39 is 6.04 Å². The largest absolute Gasteiger partial charge is 0.339 e. The van der Waals surface area contributed by atoms with Crippen LogP contribution in [0.25, 0.3) is 0 Å². The number of carbonyl (C=O) groups excluding carboxylic acids is 3. The number of nitrogens with zero attached hydrogens (tertiary/aromatic N) is 4. The molecule has 2 aromatic rings. The van der Waals surface area contributed by atoms with Gasteiger partial charge in [0.25, 0.3) is 5.91 Å². The highest BCUT2D eigenvalue weighted by Crippen LogP contribution is 2.45. The number of anilines is 1. The Kier molecular flexibility index (Phi) is 8.05. The summed E-state index contributed by atoms with van der Waals surface area (Å²) in [5, 5.41) is 6.37. The maximum absolute atomic E-state index is 13.9. The minimum atomic E-state index is -0.487. The van der Waals surface area contributed by atoms with E-state index in [1.807, 2.05) is 73.5 Å². The summed E-state index contributed by atoms with van der Waals surface area (Å²) in [6.07, 6.45) is 0.168. The fraction of sp³-hybridized carbons (Fsp3) is 0.333. The number of fused-ring (bicyclic) bond motifs is 1. The first-order chi connectivity index (χ1) is 19.1. The molecule has 10 heteroatoms. The van der Waals surface area contributed by atoms with Crippen LogP contribution in [0.1, 0.15) is 43.0 Å². The molecule has 2 aromatic carbocycles. The number of aliphatic imine (C=N–C) groups is 1. The molecule has 1 unspecified atom stereocenters. The summed E-state index contributed by atoms with van der Waals surface area (Å²) in [5.41, 5.74) is 5.64. The number of amidine groups is 1.